The molecule has 1 fully saturated rings. The molecule has 1 saturated heterocycles. The van der Waals surface area contributed by atoms with Crippen LogP contribution in [0.25, 0.3) is 0 Å². The second-order valence-corrected chi connectivity index (χ2v) is 7.56. The Kier molecular flexibility index (Phi) is 5.22. The van der Waals surface area contributed by atoms with Gasteiger partial charge in [-0.1, -0.05) is 37.3 Å². The summed E-state index contributed by atoms with van der Waals surface area (Å²) in [5.74, 6) is -1.95. The lowest BCUT2D eigenvalue weighted by atomic mass is 9.97. The first kappa shape index (κ1) is 20.6. The van der Waals surface area contributed by atoms with Crippen LogP contribution >= 0.6 is 0 Å². The van der Waals surface area contributed by atoms with Crippen LogP contribution in [-0.2, 0) is 25.5 Å². The molecular weight excluding hydrogens is 398 g/mol. The lowest BCUT2D eigenvalue weighted by Gasteiger charge is -2.46. The first-order valence-corrected chi connectivity index (χ1v) is 10.2. The van der Waals surface area contributed by atoms with Crippen molar-refractivity contribution in [3.8, 4) is 0 Å². The Morgan fingerprint density at radius 2 is 1.81 bits per heavy atom. The molecule has 2 aromatic carbocycles. The molecule has 3 amide bonds. The Hall–Kier alpha value is -3.68. The standard InChI is InChI=1S/C23H23N3O5/c1-3-15-8-4-6-10-17(15)24-19(27)14-31-22(30)23-13-12-20(28)26(23)18-11-7-5-9-16(18)21(29)25(23)2/h4-11H,3,12-14H2,1-2H3,(H,24,27)/t23-/m1/s1. The molecule has 1 atom stereocenters. The van der Waals surface area contributed by atoms with Gasteiger partial charge in [0.2, 0.25) is 11.6 Å². The van der Waals surface area contributed by atoms with Crippen molar-refractivity contribution in [2.45, 2.75) is 31.8 Å². The highest BCUT2D eigenvalue weighted by Crippen LogP contribution is 2.44. The van der Waals surface area contributed by atoms with E-state index in [0.717, 1.165) is 12.0 Å². The van der Waals surface area contributed by atoms with Crippen LogP contribution in [0.5, 0.6) is 0 Å². The molecule has 2 aliphatic rings. The van der Waals surface area contributed by atoms with Gasteiger partial charge in [-0.3, -0.25) is 19.3 Å². The van der Waals surface area contributed by atoms with Gasteiger partial charge >= 0.3 is 5.97 Å². The third-order valence-corrected chi connectivity index (χ3v) is 5.88. The molecule has 0 bridgehead atoms. The number of nitrogens with one attached hydrogen (secondary N) is 1. The van der Waals surface area contributed by atoms with E-state index in [1.807, 2.05) is 25.1 Å². The highest BCUT2D eigenvalue weighted by atomic mass is 16.5. The number of likely N-dealkylation sites (N-methyl/N-ethyl adjacent to an activating group) is 1. The smallest absolute Gasteiger partial charge is 0.354 e. The van der Waals surface area contributed by atoms with Crippen molar-refractivity contribution in [2.24, 2.45) is 0 Å². The number of carbonyl (C=O) groups is 4. The average molecular weight is 421 g/mol. The second-order valence-electron chi connectivity index (χ2n) is 7.56. The molecule has 2 aromatic rings. The number of carbonyl (C=O) groups excluding carboxylic acids is 4. The van der Waals surface area contributed by atoms with Crippen molar-refractivity contribution in [3.05, 3.63) is 59.7 Å². The fraction of sp³-hybridized carbons (Fsp3) is 0.304. The molecule has 0 saturated carbocycles. The lowest BCUT2D eigenvalue weighted by Crippen LogP contribution is -2.67. The van der Waals surface area contributed by atoms with E-state index in [4.69, 9.17) is 4.74 Å². The first-order chi connectivity index (χ1) is 14.9. The molecule has 2 heterocycles. The number of aryl methyl sites for hydroxylation is 1. The van der Waals surface area contributed by atoms with E-state index in [1.54, 1.807) is 30.3 Å². The van der Waals surface area contributed by atoms with E-state index in [1.165, 1.54) is 16.8 Å². The summed E-state index contributed by atoms with van der Waals surface area (Å²) in [5, 5.41) is 2.74. The number of nitrogens with zero attached hydrogens (tertiary/aromatic N) is 2. The molecule has 4 rings (SSSR count). The Bertz CT molecular complexity index is 1080. The largest absolute Gasteiger partial charge is 0.452 e. The molecule has 0 unspecified atom stereocenters. The van der Waals surface area contributed by atoms with E-state index in [0.29, 0.717) is 16.9 Å². The van der Waals surface area contributed by atoms with E-state index in [2.05, 4.69) is 5.32 Å². The number of hydrogen-bond acceptors (Lipinski definition) is 5. The molecule has 0 aliphatic carbocycles. The van der Waals surface area contributed by atoms with Crippen LogP contribution < -0.4 is 10.2 Å². The molecular formula is C23H23N3O5. The number of amides is 3. The SMILES string of the molecule is CCc1ccccc1NC(=O)COC(=O)[C@@]12CCC(=O)N1c1ccccc1C(=O)N2C. The third kappa shape index (κ3) is 3.24. The molecule has 0 aromatic heterocycles. The van der Waals surface area contributed by atoms with Gasteiger partial charge < -0.3 is 15.0 Å². The van der Waals surface area contributed by atoms with Crippen molar-refractivity contribution in [1.29, 1.82) is 0 Å². The Morgan fingerprint density at radius 3 is 2.58 bits per heavy atom. The maximum absolute atomic E-state index is 13.2. The van der Waals surface area contributed by atoms with E-state index < -0.39 is 24.1 Å². The molecule has 8 heteroatoms. The van der Waals surface area contributed by atoms with Crippen molar-refractivity contribution in [3.63, 3.8) is 0 Å². The summed E-state index contributed by atoms with van der Waals surface area (Å²) in [5.41, 5.74) is 0.747. The van der Waals surface area contributed by atoms with Gasteiger partial charge in [-0.25, -0.2) is 4.79 Å². The van der Waals surface area contributed by atoms with Crippen molar-refractivity contribution >= 4 is 35.1 Å². The normalized spacial score (nSPS) is 19.7. The van der Waals surface area contributed by atoms with E-state index >= 15 is 0 Å². The zero-order chi connectivity index (χ0) is 22.2. The first-order valence-electron chi connectivity index (χ1n) is 10.2. The van der Waals surface area contributed by atoms with Crippen LogP contribution in [0.15, 0.2) is 48.5 Å². The fourth-order valence-electron chi connectivity index (χ4n) is 4.27. The fourth-order valence-corrected chi connectivity index (χ4v) is 4.27. The predicted octanol–water partition coefficient (Wildman–Crippen LogP) is 2.34. The monoisotopic (exact) mass is 421 g/mol. The lowest BCUT2D eigenvalue weighted by molar-refractivity contribution is -0.158. The van der Waals surface area contributed by atoms with Crippen LogP contribution in [0.2, 0.25) is 0 Å². The molecule has 0 radical (unpaired) electrons. The minimum Gasteiger partial charge on any atom is -0.452 e. The number of esters is 1. The maximum Gasteiger partial charge on any atom is 0.354 e. The van der Waals surface area contributed by atoms with Gasteiger partial charge in [0.25, 0.3) is 11.8 Å². The van der Waals surface area contributed by atoms with Crippen molar-refractivity contribution in [2.75, 3.05) is 23.9 Å². The van der Waals surface area contributed by atoms with Gasteiger partial charge in [-0.05, 0) is 30.2 Å². The Balaban J connectivity index is 1.55. The summed E-state index contributed by atoms with van der Waals surface area (Å²) in [7, 11) is 1.47. The summed E-state index contributed by atoms with van der Waals surface area (Å²) in [6.45, 7) is 1.45. The number of para-hydroxylation sites is 2. The topological polar surface area (TPSA) is 96.0 Å². The quantitative estimate of drug-likeness (QED) is 0.748. The molecule has 8 nitrogen and oxygen atoms in total. The predicted molar refractivity (Wildman–Crippen MR) is 113 cm³/mol. The van der Waals surface area contributed by atoms with Gasteiger partial charge in [0.05, 0.1) is 11.3 Å². The van der Waals surface area contributed by atoms with Crippen LogP contribution in [0.1, 0.15) is 35.7 Å². The van der Waals surface area contributed by atoms with Gasteiger partial charge in [0, 0.05) is 25.6 Å². The Labute approximate surface area is 179 Å². The molecule has 31 heavy (non-hydrogen) atoms. The summed E-state index contributed by atoms with van der Waals surface area (Å²) in [6, 6.07) is 14.0. The minimum atomic E-state index is -1.59. The average Bonchev–Trinajstić information content (AvgIpc) is 3.14. The highest BCUT2D eigenvalue weighted by molar-refractivity contribution is 6.15. The summed E-state index contributed by atoms with van der Waals surface area (Å²) in [6.07, 6.45) is 0.932. The minimum absolute atomic E-state index is 0.0944. The number of rotatable bonds is 5. The van der Waals surface area contributed by atoms with Gasteiger partial charge in [-0.15, -0.1) is 0 Å². The van der Waals surface area contributed by atoms with E-state index in [-0.39, 0.29) is 24.7 Å². The summed E-state index contributed by atoms with van der Waals surface area (Å²) < 4.78 is 5.34. The highest BCUT2D eigenvalue weighted by Gasteiger charge is 2.60. The van der Waals surface area contributed by atoms with Gasteiger partial charge in [-0.2, -0.15) is 0 Å². The zero-order valence-electron chi connectivity index (χ0n) is 17.4. The molecule has 0 spiro atoms. The zero-order valence-corrected chi connectivity index (χ0v) is 17.4. The Morgan fingerprint density at radius 1 is 1.10 bits per heavy atom. The van der Waals surface area contributed by atoms with Crippen molar-refractivity contribution < 1.29 is 23.9 Å². The molecule has 160 valence electrons. The number of hydrogen-bond donors (Lipinski definition) is 1. The van der Waals surface area contributed by atoms with E-state index in [9.17, 15) is 19.2 Å². The van der Waals surface area contributed by atoms with Gasteiger partial charge in [0.1, 0.15) is 0 Å². The number of anilines is 2. The van der Waals surface area contributed by atoms with Gasteiger partial charge in [0.15, 0.2) is 6.61 Å². The van der Waals surface area contributed by atoms with Crippen LogP contribution in [0, 0.1) is 0 Å². The second kappa shape index (κ2) is 7.86. The number of ether oxygens (including phenoxy) is 1. The third-order valence-electron chi connectivity index (χ3n) is 5.88. The van der Waals surface area contributed by atoms with Crippen LogP contribution in [-0.4, -0.2) is 47.9 Å². The van der Waals surface area contributed by atoms with Crippen molar-refractivity contribution in [1.82, 2.24) is 4.90 Å². The number of benzene rings is 2. The molecule has 2 aliphatic heterocycles. The molecule has 1 N–H and O–H groups in total. The van der Waals surface area contributed by atoms with Crippen LogP contribution in [0.3, 0.4) is 0 Å². The van der Waals surface area contributed by atoms with Crippen LogP contribution in [0.4, 0.5) is 11.4 Å². The maximum atomic E-state index is 13.2. The summed E-state index contributed by atoms with van der Waals surface area (Å²) in [4.78, 5) is 53.8. The number of fused-ring (bicyclic) bond motifs is 3. The summed E-state index contributed by atoms with van der Waals surface area (Å²) >= 11 is 0.